The number of methoxy groups -OCH3 is 2. The number of rotatable bonds is 9. The zero-order valence-electron chi connectivity index (χ0n) is 13.4. The minimum atomic E-state index is -0.467. The topological polar surface area (TPSA) is 50.8 Å². The SMILES string of the molecule is CCNC1(C(=O)OC)CCCC1CCN(C)CCOC. The van der Waals surface area contributed by atoms with Crippen molar-refractivity contribution in [3.8, 4) is 0 Å². The highest BCUT2D eigenvalue weighted by atomic mass is 16.5. The van der Waals surface area contributed by atoms with E-state index in [1.807, 2.05) is 6.92 Å². The van der Waals surface area contributed by atoms with E-state index in [1.165, 1.54) is 7.11 Å². The summed E-state index contributed by atoms with van der Waals surface area (Å²) in [6.07, 6.45) is 4.09. The van der Waals surface area contributed by atoms with Crippen LogP contribution in [0.5, 0.6) is 0 Å². The fourth-order valence-corrected chi connectivity index (χ4v) is 3.27. The number of carbonyl (C=O) groups excluding carboxylic acids is 1. The van der Waals surface area contributed by atoms with E-state index < -0.39 is 5.54 Å². The Morgan fingerprint density at radius 1 is 1.40 bits per heavy atom. The van der Waals surface area contributed by atoms with Crippen molar-refractivity contribution >= 4 is 5.97 Å². The second kappa shape index (κ2) is 8.60. The quantitative estimate of drug-likeness (QED) is 0.647. The molecule has 2 atom stereocenters. The third kappa shape index (κ3) is 4.17. The van der Waals surface area contributed by atoms with E-state index in [4.69, 9.17) is 9.47 Å². The zero-order valence-corrected chi connectivity index (χ0v) is 13.4. The fourth-order valence-electron chi connectivity index (χ4n) is 3.27. The molecule has 1 N–H and O–H groups in total. The van der Waals surface area contributed by atoms with Gasteiger partial charge in [-0.15, -0.1) is 0 Å². The summed E-state index contributed by atoms with van der Waals surface area (Å²) in [7, 11) is 5.31. The van der Waals surface area contributed by atoms with Crippen LogP contribution in [0.1, 0.15) is 32.6 Å². The number of ether oxygens (including phenoxy) is 2. The van der Waals surface area contributed by atoms with E-state index in [1.54, 1.807) is 7.11 Å². The molecule has 0 radical (unpaired) electrons. The molecule has 1 saturated carbocycles. The van der Waals surface area contributed by atoms with E-state index >= 15 is 0 Å². The number of esters is 1. The molecule has 2 unspecified atom stereocenters. The maximum Gasteiger partial charge on any atom is 0.326 e. The van der Waals surface area contributed by atoms with Gasteiger partial charge < -0.3 is 19.7 Å². The molecule has 0 aromatic carbocycles. The Labute approximate surface area is 123 Å². The van der Waals surface area contributed by atoms with E-state index in [9.17, 15) is 4.79 Å². The highest BCUT2D eigenvalue weighted by Crippen LogP contribution is 2.39. The van der Waals surface area contributed by atoms with Crippen molar-refractivity contribution in [3.05, 3.63) is 0 Å². The van der Waals surface area contributed by atoms with Gasteiger partial charge >= 0.3 is 5.97 Å². The van der Waals surface area contributed by atoms with Crippen LogP contribution in [0.2, 0.25) is 0 Å². The molecule has 0 saturated heterocycles. The molecule has 118 valence electrons. The fraction of sp³-hybridized carbons (Fsp3) is 0.933. The summed E-state index contributed by atoms with van der Waals surface area (Å²) >= 11 is 0. The molecule has 1 rings (SSSR count). The Bertz CT molecular complexity index is 299. The molecule has 5 nitrogen and oxygen atoms in total. The lowest BCUT2D eigenvalue weighted by molar-refractivity contribution is -0.150. The molecule has 0 bridgehead atoms. The average molecular weight is 286 g/mol. The number of hydrogen-bond donors (Lipinski definition) is 1. The Morgan fingerprint density at radius 3 is 2.75 bits per heavy atom. The van der Waals surface area contributed by atoms with Crippen LogP contribution in [-0.4, -0.2) is 63.9 Å². The van der Waals surface area contributed by atoms with E-state index in [2.05, 4.69) is 17.3 Å². The highest BCUT2D eigenvalue weighted by Gasteiger charge is 2.48. The van der Waals surface area contributed by atoms with Crippen molar-refractivity contribution < 1.29 is 14.3 Å². The number of hydrogen-bond acceptors (Lipinski definition) is 5. The first-order chi connectivity index (χ1) is 9.60. The van der Waals surface area contributed by atoms with Crippen LogP contribution < -0.4 is 5.32 Å². The van der Waals surface area contributed by atoms with Crippen LogP contribution >= 0.6 is 0 Å². The van der Waals surface area contributed by atoms with Crippen molar-refractivity contribution in [1.29, 1.82) is 0 Å². The van der Waals surface area contributed by atoms with Crippen molar-refractivity contribution in [1.82, 2.24) is 10.2 Å². The molecule has 0 heterocycles. The number of nitrogens with one attached hydrogen (secondary N) is 1. The lowest BCUT2D eigenvalue weighted by Crippen LogP contribution is -2.55. The molecular formula is C15H30N2O3. The molecule has 0 aromatic rings. The number of likely N-dealkylation sites (N-methyl/N-ethyl adjacent to an activating group) is 2. The third-order valence-corrected chi connectivity index (χ3v) is 4.40. The van der Waals surface area contributed by atoms with Gasteiger partial charge in [-0.2, -0.15) is 0 Å². The van der Waals surface area contributed by atoms with Crippen LogP contribution in [0.15, 0.2) is 0 Å². The maximum absolute atomic E-state index is 12.2. The summed E-state index contributed by atoms with van der Waals surface area (Å²) in [5.41, 5.74) is -0.467. The van der Waals surface area contributed by atoms with Gasteiger partial charge in [-0.25, -0.2) is 0 Å². The van der Waals surface area contributed by atoms with Crippen LogP contribution in [0.25, 0.3) is 0 Å². The lowest BCUT2D eigenvalue weighted by atomic mass is 9.84. The minimum absolute atomic E-state index is 0.0959. The first kappa shape index (κ1) is 17.4. The summed E-state index contributed by atoms with van der Waals surface area (Å²) in [5, 5.41) is 3.41. The molecule has 0 amide bonds. The van der Waals surface area contributed by atoms with Crippen molar-refractivity contribution in [2.24, 2.45) is 5.92 Å². The van der Waals surface area contributed by atoms with Gasteiger partial charge in [-0.3, -0.25) is 4.79 Å². The Kier molecular flexibility index (Phi) is 7.48. The largest absolute Gasteiger partial charge is 0.468 e. The average Bonchev–Trinajstić information content (AvgIpc) is 2.86. The standard InChI is InChI=1S/C15H30N2O3/c1-5-16-15(14(18)20-4)9-6-7-13(15)8-10-17(2)11-12-19-3/h13,16H,5-12H2,1-4H3. The van der Waals surface area contributed by atoms with Crippen LogP contribution in [0.4, 0.5) is 0 Å². The van der Waals surface area contributed by atoms with Crippen LogP contribution in [0, 0.1) is 5.92 Å². The zero-order chi connectivity index (χ0) is 15.0. The minimum Gasteiger partial charge on any atom is -0.468 e. The highest BCUT2D eigenvalue weighted by molar-refractivity contribution is 5.81. The van der Waals surface area contributed by atoms with Crippen LogP contribution in [-0.2, 0) is 14.3 Å². The van der Waals surface area contributed by atoms with Gasteiger partial charge in [0.05, 0.1) is 13.7 Å². The van der Waals surface area contributed by atoms with E-state index in [-0.39, 0.29) is 5.97 Å². The molecule has 20 heavy (non-hydrogen) atoms. The van der Waals surface area contributed by atoms with E-state index in [0.717, 1.165) is 51.9 Å². The van der Waals surface area contributed by atoms with Crippen molar-refractivity contribution in [2.45, 2.75) is 38.1 Å². The first-order valence-electron chi connectivity index (χ1n) is 7.61. The summed E-state index contributed by atoms with van der Waals surface area (Å²) in [5.74, 6) is 0.265. The molecule has 0 aromatic heterocycles. The smallest absolute Gasteiger partial charge is 0.326 e. The summed E-state index contributed by atoms with van der Waals surface area (Å²) < 4.78 is 10.1. The van der Waals surface area contributed by atoms with Gasteiger partial charge in [-0.1, -0.05) is 13.3 Å². The lowest BCUT2D eigenvalue weighted by Gasteiger charge is -2.34. The summed E-state index contributed by atoms with van der Waals surface area (Å²) in [6, 6.07) is 0. The number of nitrogens with zero attached hydrogens (tertiary/aromatic N) is 1. The summed E-state index contributed by atoms with van der Waals surface area (Å²) in [6.45, 7) is 5.50. The summed E-state index contributed by atoms with van der Waals surface area (Å²) in [4.78, 5) is 14.5. The van der Waals surface area contributed by atoms with Crippen LogP contribution in [0.3, 0.4) is 0 Å². The molecular weight excluding hydrogens is 256 g/mol. The van der Waals surface area contributed by atoms with Gasteiger partial charge in [0.15, 0.2) is 0 Å². The van der Waals surface area contributed by atoms with Gasteiger partial charge in [0, 0.05) is 13.7 Å². The predicted octanol–water partition coefficient (Wildman–Crippen LogP) is 1.28. The Morgan fingerprint density at radius 2 is 2.15 bits per heavy atom. The van der Waals surface area contributed by atoms with Gasteiger partial charge in [0.1, 0.15) is 5.54 Å². The molecule has 1 aliphatic rings. The molecule has 5 heteroatoms. The van der Waals surface area contributed by atoms with E-state index in [0.29, 0.717) is 5.92 Å². The first-order valence-corrected chi connectivity index (χ1v) is 7.61. The molecule has 1 fully saturated rings. The van der Waals surface area contributed by atoms with Crippen molar-refractivity contribution in [2.75, 3.05) is 47.5 Å². The predicted molar refractivity (Wildman–Crippen MR) is 79.8 cm³/mol. The van der Waals surface area contributed by atoms with Gasteiger partial charge in [0.25, 0.3) is 0 Å². The Balaban J connectivity index is 2.59. The van der Waals surface area contributed by atoms with Gasteiger partial charge in [0.2, 0.25) is 0 Å². The second-order valence-electron chi connectivity index (χ2n) is 5.67. The second-order valence-corrected chi connectivity index (χ2v) is 5.67. The monoisotopic (exact) mass is 286 g/mol. The molecule has 1 aliphatic carbocycles. The maximum atomic E-state index is 12.2. The molecule has 0 aliphatic heterocycles. The van der Waals surface area contributed by atoms with Crippen molar-refractivity contribution in [3.63, 3.8) is 0 Å². The normalized spacial score (nSPS) is 26.1. The molecule has 0 spiro atoms. The Hall–Kier alpha value is -0.650. The third-order valence-electron chi connectivity index (χ3n) is 4.40. The number of carbonyl (C=O) groups is 1. The van der Waals surface area contributed by atoms with Gasteiger partial charge in [-0.05, 0) is 45.3 Å².